The van der Waals surface area contributed by atoms with Crippen LogP contribution in [-0.2, 0) is 24.7 Å². The SMILES string of the molecule is NS(=O)(=O)c1ccc(NC(=O)CC2CCS(=O)(=O)CC2)cc1. The molecule has 3 N–H and O–H groups in total. The van der Waals surface area contributed by atoms with Gasteiger partial charge in [0.15, 0.2) is 0 Å². The zero-order valence-corrected chi connectivity index (χ0v) is 13.5. The lowest BCUT2D eigenvalue weighted by Gasteiger charge is -2.21. The van der Waals surface area contributed by atoms with Crippen molar-refractivity contribution in [2.24, 2.45) is 11.1 Å². The van der Waals surface area contributed by atoms with E-state index < -0.39 is 19.9 Å². The summed E-state index contributed by atoms with van der Waals surface area (Å²) < 4.78 is 44.9. The third kappa shape index (κ3) is 4.79. The lowest BCUT2D eigenvalue weighted by atomic mass is 9.98. The smallest absolute Gasteiger partial charge is 0.238 e. The second-order valence-electron chi connectivity index (χ2n) is 5.42. The number of sulfonamides is 1. The molecule has 0 atom stereocenters. The first-order valence-corrected chi connectivity index (χ1v) is 10.2. The fraction of sp³-hybridized carbons (Fsp3) is 0.462. The Morgan fingerprint density at radius 3 is 2.23 bits per heavy atom. The number of anilines is 1. The van der Waals surface area contributed by atoms with E-state index in [2.05, 4.69) is 5.32 Å². The number of benzene rings is 1. The minimum atomic E-state index is -3.75. The fourth-order valence-corrected chi connectivity index (χ4v) is 4.45. The van der Waals surface area contributed by atoms with Crippen LogP contribution in [0.2, 0.25) is 0 Å². The minimum Gasteiger partial charge on any atom is -0.326 e. The molecule has 0 aliphatic carbocycles. The van der Waals surface area contributed by atoms with E-state index in [9.17, 15) is 21.6 Å². The Labute approximate surface area is 129 Å². The molecule has 1 heterocycles. The molecule has 122 valence electrons. The van der Waals surface area contributed by atoms with Crippen LogP contribution in [0, 0.1) is 5.92 Å². The zero-order chi connectivity index (χ0) is 16.4. The number of nitrogens with one attached hydrogen (secondary N) is 1. The lowest BCUT2D eigenvalue weighted by Crippen LogP contribution is -2.26. The molecule has 0 aromatic heterocycles. The maximum absolute atomic E-state index is 11.9. The fourth-order valence-electron chi connectivity index (χ4n) is 2.35. The van der Waals surface area contributed by atoms with Gasteiger partial charge in [0.05, 0.1) is 16.4 Å². The van der Waals surface area contributed by atoms with Crippen LogP contribution in [0.3, 0.4) is 0 Å². The molecule has 1 fully saturated rings. The van der Waals surface area contributed by atoms with Crippen LogP contribution in [0.1, 0.15) is 19.3 Å². The van der Waals surface area contributed by atoms with Crippen LogP contribution in [-0.4, -0.2) is 34.2 Å². The summed E-state index contributed by atoms with van der Waals surface area (Å²) in [5.41, 5.74) is 0.473. The molecule has 0 spiro atoms. The van der Waals surface area contributed by atoms with E-state index in [0.717, 1.165) is 0 Å². The summed E-state index contributed by atoms with van der Waals surface area (Å²) >= 11 is 0. The molecule has 0 radical (unpaired) electrons. The lowest BCUT2D eigenvalue weighted by molar-refractivity contribution is -0.117. The summed E-state index contributed by atoms with van der Waals surface area (Å²) in [6.45, 7) is 0. The number of carbonyl (C=O) groups excluding carboxylic acids is 1. The second kappa shape index (κ2) is 6.35. The first-order valence-electron chi connectivity index (χ1n) is 6.79. The maximum Gasteiger partial charge on any atom is 0.238 e. The van der Waals surface area contributed by atoms with Crippen molar-refractivity contribution < 1.29 is 21.6 Å². The number of hydrogen-bond acceptors (Lipinski definition) is 5. The van der Waals surface area contributed by atoms with Gasteiger partial charge in [-0.25, -0.2) is 22.0 Å². The van der Waals surface area contributed by atoms with Crippen molar-refractivity contribution in [1.82, 2.24) is 0 Å². The summed E-state index contributed by atoms with van der Waals surface area (Å²) in [4.78, 5) is 11.9. The van der Waals surface area contributed by atoms with Crippen LogP contribution in [0.4, 0.5) is 5.69 Å². The molecule has 1 aliphatic rings. The van der Waals surface area contributed by atoms with E-state index in [1.54, 1.807) is 0 Å². The highest BCUT2D eigenvalue weighted by Crippen LogP contribution is 2.22. The Kier molecular flexibility index (Phi) is 4.88. The van der Waals surface area contributed by atoms with Gasteiger partial charge in [-0.05, 0) is 43.0 Å². The van der Waals surface area contributed by atoms with Crippen molar-refractivity contribution in [2.45, 2.75) is 24.2 Å². The molecule has 1 aromatic carbocycles. The van der Waals surface area contributed by atoms with Gasteiger partial charge in [-0.3, -0.25) is 4.79 Å². The summed E-state index contributed by atoms with van der Waals surface area (Å²) in [7, 11) is -6.68. The Morgan fingerprint density at radius 2 is 1.73 bits per heavy atom. The Balaban J connectivity index is 1.90. The van der Waals surface area contributed by atoms with Gasteiger partial charge in [0.25, 0.3) is 0 Å². The van der Waals surface area contributed by atoms with Crippen LogP contribution < -0.4 is 10.5 Å². The first-order chi connectivity index (χ1) is 10.2. The molecular formula is C13H18N2O5S2. The molecule has 1 amide bonds. The molecular weight excluding hydrogens is 328 g/mol. The van der Waals surface area contributed by atoms with E-state index in [-0.39, 0.29) is 34.6 Å². The number of primary sulfonamides is 1. The zero-order valence-electron chi connectivity index (χ0n) is 11.9. The number of hydrogen-bond donors (Lipinski definition) is 2. The van der Waals surface area contributed by atoms with E-state index in [0.29, 0.717) is 18.5 Å². The minimum absolute atomic E-state index is 0.0250. The molecule has 9 heteroatoms. The molecule has 0 saturated carbocycles. The van der Waals surface area contributed by atoms with E-state index in [4.69, 9.17) is 5.14 Å². The highest BCUT2D eigenvalue weighted by Gasteiger charge is 2.25. The maximum atomic E-state index is 11.9. The van der Waals surface area contributed by atoms with Crippen molar-refractivity contribution in [2.75, 3.05) is 16.8 Å². The molecule has 1 saturated heterocycles. The van der Waals surface area contributed by atoms with Crippen molar-refractivity contribution >= 4 is 31.5 Å². The van der Waals surface area contributed by atoms with Gasteiger partial charge in [-0.2, -0.15) is 0 Å². The Hall–Kier alpha value is -1.45. The van der Waals surface area contributed by atoms with Gasteiger partial charge >= 0.3 is 0 Å². The number of nitrogens with two attached hydrogens (primary N) is 1. The monoisotopic (exact) mass is 346 g/mol. The molecule has 2 rings (SSSR count). The second-order valence-corrected chi connectivity index (χ2v) is 9.28. The van der Waals surface area contributed by atoms with Gasteiger partial charge in [0, 0.05) is 12.1 Å². The molecule has 1 aliphatic heterocycles. The van der Waals surface area contributed by atoms with E-state index in [1.165, 1.54) is 24.3 Å². The van der Waals surface area contributed by atoms with E-state index >= 15 is 0 Å². The van der Waals surface area contributed by atoms with Crippen molar-refractivity contribution in [3.05, 3.63) is 24.3 Å². The van der Waals surface area contributed by atoms with Crippen molar-refractivity contribution in [3.63, 3.8) is 0 Å². The average molecular weight is 346 g/mol. The average Bonchev–Trinajstić information content (AvgIpc) is 2.41. The molecule has 0 bridgehead atoms. The molecule has 1 aromatic rings. The third-order valence-corrected chi connectivity index (χ3v) is 6.26. The molecule has 0 unspecified atom stereocenters. The van der Waals surface area contributed by atoms with Crippen LogP contribution >= 0.6 is 0 Å². The Morgan fingerprint density at radius 1 is 1.18 bits per heavy atom. The normalized spacial score (nSPS) is 18.8. The van der Waals surface area contributed by atoms with Crippen molar-refractivity contribution in [3.8, 4) is 0 Å². The summed E-state index contributed by atoms with van der Waals surface area (Å²) in [5, 5.41) is 7.65. The predicted octanol–water partition coefficient (Wildman–Crippen LogP) is 0.487. The largest absolute Gasteiger partial charge is 0.326 e. The number of rotatable bonds is 4. The van der Waals surface area contributed by atoms with Crippen LogP contribution in [0.15, 0.2) is 29.2 Å². The number of carbonyl (C=O) groups is 1. The van der Waals surface area contributed by atoms with Gasteiger partial charge in [0.2, 0.25) is 15.9 Å². The third-order valence-electron chi connectivity index (χ3n) is 3.61. The molecule has 22 heavy (non-hydrogen) atoms. The summed E-state index contributed by atoms with van der Waals surface area (Å²) in [5.74, 6) is 0.113. The molecule has 7 nitrogen and oxygen atoms in total. The van der Waals surface area contributed by atoms with Crippen LogP contribution in [0.5, 0.6) is 0 Å². The standard InChI is InChI=1S/C13H18N2O5S2/c14-22(19,20)12-3-1-11(2-4-12)15-13(16)9-10-5-7-21(17,18)8-6-10/h1-4,10H,5-9H2,(H,15,16)(H2,14,19,20). The highest BCUT2D eigenvalue weighted by molar-refractivity contribution is 7.91. The highest BCUT2D eigenvalue weighted by atomic mass is 32.2. The van der Waals surface area contributed by atoms with Crippen LogP contribution in [0.25, 0.3) is 0 Å². The quantitative estimate of drug-likeness (QED) is 0.821. The van der Waals surface area contributed by atoms with E-state index in [1.807, 2.05) is 0 Å². The van der Waals surface area contributed by atoms with Gasteiger partial charge < -0.3 is 5.32 Å². The van der Waals surface area contributed by atoms with Gasteiger partial charge in [0.1, 0.15) is 9.84 Å². The summed E-state index contributed by atoms with van der Waals surface area (Å²) in [6.07, 6.45) is 1.26. The predicted molar refractivity (Wildman–Crippen MR) is 82.4 cm³/mol. The van der Waals surface area contributed by atoms with Gasteiger partial charge in [-0.15, -0.1) is 0 Å². The van der Waals surface area contributed by atoms with Crippen molar-refractivity contribution in [1.29, 1.82) is 0 Å². The van der Waals surface area contributed by atoms with Gasteiger partial charge in [-0.1, -0.05) is 0 Å². The number of amides is 1. The Bertz CT molecular complexity index is 740. The summed E-state index contributed by atoms with van der Waals surface area (Å²) in [6, 6.07) is 5.56. The first kappa shape index (κ1) is 16.9. The number of sulfone groups is 1. The topological polar surface area (TPSA) is 123 Å².